The van der Waals surface area contributed by atoms with Crippen LogP contribution in [0.2, 0.25) is 0 Å². The van der Waals surface area contributed by atoms with Crippen molar-refractivity contribution in [2.24, 2.45) is 11.8 Å². The zero-order chi connectivity index (χ0) is 16.1. The van der Waals surface area contributed by atoms with Crippen molar-refractivity contribution in [1.82, 2.24) is 15.1 Å². The van der Waals surface area contributed by atoms with Gasteiger partial charge in [-0.2, -0.15) is 0 Å². The molecule has 1 aliphatic carbocycles. The Morgan fingerprint density at radius 3 is 2.05 bits per heavy atom. The summed E-state index contributed by atoms with van der Waals surface area (Å²) in [6.07, 6.45) is 4.36. The number of nitrogens with zero attached hydrogens (tertiary/aromatic N) is 2. The van der Waals surface area contributed by atoms with E-state index in [1.54, 1.807) is 6.92 Å². The molecule has 2 amide bonds. The van der Waals surface area contributed by atoms with E-state index in [0.29, 0.717) is 38.6 Å². The Balaban J connectivity index is 1.65. The molecule has 5 nitrogen and oxygen atoms in total. The molecular formula is C17H31N3O2. The Morgan fingerprint density at radius 1 is 0.955 bits per heavy atom. The number of carbonyl (C=O) groups is 2. The fourth-order valence-electron chi connectivity index (χ4n) is 3.93. The summed E-state index contributed by atoms with van der Waals surface area (Å²) in [5.41, 5.74) is 0. The highest BCUT2D eigenvalue weighted by Crippen LogP contribution is 2.28. The number of nitrogens with one attached hydrogen (secondary N) is 1. The Morgan fingerprint density at radius 2 is 1.50 bits per heavy atom. The Kier molecular flexibility index (Phi) is 6.24. The summed E-state index contributed by atoms with van der Waals surface area (Å²) in [6.45, 7) is 9.71. The lowest BCUT2D eigenvalue weighted by atomic mass is 9.80. The van der Waals surface area contributed by atoms with E-state index in [1.807, 2.05) is 9.80 Å². The minimum atomic E-state index is 0.106. The molecule has 2 rings (SSSR count). The van der Waals surface area contributed by atoms with Crippen molar-refractivity contribution >= 4 is 11.8 Å². The standard InChI is InChI=1S/C17H31N3O2/c1-13-10-14(2)12-16(11-13)18-5-4-17(22)20-8-6-19(7-9-20)15(3)21/h13-14,16,18H,4-12H2,1-3H3/t13-,14-/m1/s1. The van der Waals surface area contributed by atoms with Gasteiger partial charge in [-0.1, -0.05) is 13.8 Å². The zero-order valence-electron chi connectivity index (χ0n) is 14.3. The smallest absolute Gasteiger partial charge is 0.223 e. The number of hydrogen-bond donors (Lipinski definition) is 1. The summed E-state index contributed by atoms with van der Waals surface area (Å²) in [6, 6.07) is 0.570. The monoisotopic (exact) mass is 309 g/mol. The Hall–Kier alpha value is -1.10. The van der Waals surface area contributed by atoms with E-state index in [2.05, 4.69) is 19.2 Å². The number of hydrogen-bond acceptors (Lipinski definition) is 3. The highest BCUT2D eigenvalue weighted by Gasteiger charge is 2.25. The largest absolute Gasteiger partial charge is 0.339 e. The fourth-order valence-corrected chi connectivity index (χ4v) is 3.93. The molecule has 1 saturated heterocycles. The summed E-state index contributed by atoms with van der Waals surface area (Å²) in [7, 11) is 0. The third-order valence-corrected chi connectivity index (χ3v) is 5.03. The molecule has 22 heavy (non-hydrogen) atoms. The molecule has 1 heterocycles. The van der Waals surface area contributed by atoms with Crippen LogP contribution in [-0.4, -0.2) is 60.4 Å². The molecule has 126 valence electrons. The second kappa shape index (κ2) is 7.95. The van der Waals surface area contributed by atoms with Crippen molar-refractivity contribution in [3.8, 4) is 0 Å². The Bertz CT molecular complexity index is 381. The van der Waals surface area contributed by atoms with Crippen LogP contribution in [-0.2, 0) is 9.59 Å². The van der Waals surface area contributed by atoms with Gasteiger partial charge in [0.15, 0.2) is 0 Å². The van der Waals surface area contributed by atoms with Crippen LogP contribution in [0.5, 0.6) is 0 Å². The second-order valence-electron chi connectivity index (χ2n) is 7.21. The van der Waals surface area contributed by atoms with Crippen LogP contribution in [0.25, 0.3) is 0 Å². The quantitative estimate of drug-likeness (QED) is 0.856. The second-order valence-corrected chi connectivity index (χ2v) is 7.21. The van der Waals surface area contributed by atoms with Gasteiger partial charge in [-0.05, 0) is 31.1 Å². The van der Waals surface area contributed by atoms with Crippen LogP contribution in [0.4, 0.5) is 0 Å². The maximum Gasteiger partial charge on any atom is 0.223 e. The first-order chi connectivity index (χ1) is 10.5. The van der Waals surface area contributed by atoms with E-state index in [4.69, 9.17) is 0 Å². The van der Waals surface area contributed by atoms with Crippen LogP contribution in [0, 0.1) is 11.8 Å². The summed E-state index contributed by atoms with van der Waals surface area (Å²) >= 11 is 0. The average Bonchev–Trinajstić information content (AvgIpc) is 2.46. The van der Waals surface area contributed by atoms with Gasteiger partial charge in [0, 0.05) is 52.1 Å². The van der Waals surface area contributed by atoms with Crippen molar-refractivity contribution in [2.45, 2.75) is 52.5 Å². The van der Waals surface area contributed by atoms with Crippen LogP contribution < -0.4 is 5.32 Å². The molecule has 1 saturated carbocycles. The summed E-state index contributed by atoms with van der Waals surface area (Å²) < 4.78 is 0. The van der Waals surface area contributed by atoms with Crippen LogP contribution in [0.15, 0.2) is 0 Å². The molecule has 0 unspecified atom stereocenters. The fraction of sp³-hybridized carbons (Fsp3) is 0.882. The molecule has 0 aromatic rings. The van der Waals surface area contributed by atoms with Crippen molar-refractivity contribution in [2.75, 3.05) is 32.7 Å². The summed E-state index contributed by atoms with van der Waals surface area (Å²) in [5, 5.41) is 3.57. The number of rotatable bonds is 4. The highest BCUT2D eigenvalue weighted by atomic mass is 16.2. The lowest BCUT2D eigenvalue weighted by molar-refractivity contribution is -0.138. The first-order valence-electron chi connectivity index (χ1n) is 8.72. The number of amides is 2. The van der Waals surface area contributed by atoms with E-state index in [-0.39, 0.29) is 11.8 Å². The molecule has 5 heteroatoms. The average molecular weight is 309 g/mol. The molecule has 0 bridgehead atoms. The Labute approximate surface area is 134 Å². The molecule has 2 atom stereocenters. The van der Waals surface area contributed by atoms with Crippen molar-refractivity contribution < 1.29 is 9.59 Å². The van der Waals surface area contributed by atoms with Gasteiger partial charge in [0.2, 0.25) is 11.8 Å². The molecule has 1 N–H and O–H groups in total. The summed E-state index contributed by atoms with van der Waals surface area (Å²) in [5.74, 6) is 1.90. The lowest BCUT2D eigenvalue weighted by Crippen LogP contribution is -2.50. The van der Waals surface area contributed by atoms with Crippen LogP contribution in [0.1, 0.15) is 46.5 Å². The minimum Gasteiger partial charge on any atom is -0.339 e. The normalized spacial score (nSPS) is 29.5. The van der Waals surface area contributed by atoms with Gasteiger partial charge in [0.1, 0.15) is 0 Å². The SMILES string of the molecule is CC(=O)N1CCN(C(=O)CCNC2C[C@H](C)C[C@@H](C)C2)CC1. The number of carbonyl (C=O) groups excluding carboxylic acids is 2. The molecule has 2 fully saturated rings. The predicted molar refractivity (Wildman–Crippen MR) is 87.4 cm³/mol. The molecule has 1 aliphatic heterocycles. The third-order valence-electron chi connectivity index (χ3n) is 5.03. The zero-order valence-corrected chi connectivity index (χ0v) is 14.3. The van der Waals surface area contributed by atoms with Crippen molar-refractivity contribution in [1.29, 1.82) is 0 Å². The van der Waals surface area contributed by atoms with Gasteiger partial charge in [0.25, 0.3) is 0 Å². The molecule has 0 radical (unpaired) electrons. The van der Waals surface area contributed by atoms with Gasteiger partial charge >= 0.3 is 0 Å². The maximum absolute atomic E-state index is 12.2. The summed E-state index contributed by atoms with van der Waals surface area (Å²) in [4.78, 5) is 27.2. The van der Waals surface area contributed by atoms with Crippen LogP contribution in [0.3, 0.4) is 0 Å². The van der Waals surface area contributed by atoms with E-state index in [1.165, 1.54) is 19.3 Å². The van der Waals surface area contributed by atoms with E-state index in [9.17, 15) is 9.59 Å². The van der Waals surface area contributed by atoms with Crippen LogP contribution >= 0.6 is 0 Å². The lowest BCUT2D eigenvalue weighted by Gasteiger charge is -2.35. The molecule has 0 spiro atoms. The topological polar surface area (TPSA) is 52.7 Å². The molecular weight excluding hydrogens is 278 g/mol. The minimum absolute atomic E-state index is 0.106. The first kappa shape index (κ1) is 17.3. The maximum atomic E-state index is 12.2. The van der Waals surface area contributed by atoms with Gasteiger partial charge in [-0.3, -0.25) is 9.59 Å². The third kappa shape index (κ3) is 4.97. The van der Waals surface area contributed by atoms with E-state index < -0.39 is 0 Å². The van der Waals surface area contributed by atoms with Crippen molar-refractivity contribution in [3.05, 3.63) is 0 Å². The number of piperazine rings is 1. The van der Waals surface area contributed by atoms with E-state index >= 15 is 0 Å². The highest BCUT2D eigenvalue weighted by molar-refractivity contribution is 5.77. The van der Waals surface area contributed by atoms with Gasteiger partial charge < -0.3 is 15.1 Å². The van der Waals surface area contributed by atoms with Gasteiger partial charge in [-0.25, -0.2) is 0 Å². The molecule has 2 aliphatic rings. The van der Waals surface area contributed by atoms with Gasteiger partial charge in [0.05, 0.1) is 0 Å². The predicted octanol–water partition coefficient (Wildman–Crippen LogP) is 1.48. The van der Waals surface area contributed by atoms with Crippen molar-refractivity contribution in [3.63, 3.8) is 0 Å². The molecule has 0 aromatic carbocycles. The van der Waals surface area contributed by atoms with Gasteiger partial charge in [-0.15, -0.1) is 0 Å². The molecule has 0 aromatic heterocycles. The van der Waals surface area contributed by atoms with E-state index in [0.717, 1.165) is 18.4 Å². The first-order valence-corrected chi connectivity index (χ1v) is 8.72.